The Morgan fingerprint density at radius 3 is 2.45 bits per heavy atom. The van der Waals surface area contributed by atoms with Crippen LogP contribution in [-0.4, -0.2) is 12.6 Å². The first kappa shape index (κ1) is 21.0. The largest absolute Gasteiger partial charge is 0.488 e. The average Bonchev–Trinajstić information content (AvgIpc) is 3.24. The molecule has 4 aromatic carbocycles. The van der Waals surface area contributed by atoms with Crippen molar-refractivity contribution in [3.63, 3.8) is 0 Å². The van der Waals surface area contributed by atoms with E-state index in [1.807, 2.05) is 25.1 Å². The van der Waals surface area contributed by atoms with Crippen LogP contribution in [0.15, 0.2) is 91.0 Å². The summed E-state index contributed by atoms with van der Waals surface area (Å²) in [5, 5.41) is 2.39. The standard InChI is InChI=1S/C30H26O3/c1-2-32-30(31)18-26-15-14-25-17-29(33-20-21-8-4-3-5-9-21)28(19-27(25)26)24-13-12-22-10-6-7-11-23(22)16-24/h3-13,16-19H,2,14-15,20H2,1H3/b26-18+. The maximum Gasteiger partial charge on any atom is 0.331 e. The molecule has 0 saturated heterocycles. The number of hydrogen-bond donors (Lipinski definition) is 0. The van der Waals surface area contributed by atoms with Crippen molar-refractivity contribution in [1.82, 2.24) is 0 Å². The van der Waals surface area contributed by atoms with Gasteiger partial charge < -0.3 is 9.47 Å². The van der Waals surface area contributed by atoms with E-state index in [2.05, 4.69) is 66.7 Å². The highest BCUT2D eigenvalue weighted by atomic mass is 16.5. The zero-order chi connectivity index (χ0) is 22.6. The Bertz CT molecular complexity index is 1340. The minimum absolute atomic E-state index is 0.281. The van der Waals surface area contributed by atoms with Gasteiger partial charge in [0.05, 0.1) is 6.61 Å². The van der Waals surface area contributed by atoms with Gasteiger partial charge in [0, 0.05) is 11.6 Å². The van der Waals surface area contributed by atoms with Gasteiger partial charge in [-0.1, -0.05) is 66.7 Å². The van der Waals surface area contributed by atoms with Crippen molar-refractivity contribution in [1.29, 1.82) is 0 Å². The summed E-state index contributed by atoms with van der Waals surface area (Å²) in [5.41, 5.74) is 6.61. The second-order valence-electron chi connectivity index (χ2n) is 8.26. The van der Waals surface area contributed by atoms with Gasteiger partial charge in [-0.25, -0.2) is 4.79 Å². The quantitative estimate of drug-likeness (QED) is 0.243. The normalized spacial score (nSPS) is 13.8. The van der Waals surface area contributed by atoms with E-state index in [0.717, 1.165) is 46.4 Å². The lowest BCUT2D eigenvalue weighted by atomic mass is 9.96. The van der Waals surface area contributed by atoms with Crippen LogP contribution < -0.4 is 4.74 Å². The second-order valence-corrected chi connectivity index (χ2v) is 8.26. The van der Waals surface area contributed by atoms with Gasteiger partial charge in [0.25, 0.3) is 0 Å². The van der Waals surface area contributed by atoms with Crippen LogP contribution in [0.25, 0.3) is 27.5 Å². The van der Waals surface area contributed by atoms with Gasteiger partial charge in [0.15, 0.2) is 0 Å². The van der Waals surface area contributed by atoms with Crippen LogP contribution in [0.5, 0.6) is 5.75 Å². The van der Waals surface area contributed by atoms with Gasteiger partial charge in [0.2, 0.25) is 0 Å². The molecule has 0 radical (unpaired) electrons. The first-order valence-corrected chi connectivity index (χ1v) is 11.4. The van der Waals surface area contributed by atoms with Gasteiger partial charge in [-0.15, -0.1) is 0 Å². The zero-order valence-corrected chi connectivity index (χ0v) is 18.7. The van der Waals surface area contributed by atoms with Gasteiger partial charge >= 0.3 is 5.97 Å². The van der Waals surface area contributed by atoms with E-state index in [1.54, 1.807) is 6.08 Å². The monoisotopic (exact) mass is 434 g/mol. The minimum atomic E-state index is -0.281. The lowest BCUT2D eigenvalue weighted by Gasteiger charge is -2.15. The molecule has 0 aromatic heterocycles. The Hall–Kier alpha value is -3.85. The molecule has 0 unspecified atom stereocenters. The SMILES string of the molecule is CCOC(=O)/C=C1\CCc2cc(OCc3ccccc3)c(-c3ccc4ccccc4c3)cc21. The number of carbonyl (C=O) groups excluding carboxylic acids is 1. The second kappa shape index (κ2) is 9.33. The molecule has 5 rings (SSSR count). The molecule has 1 aliphatic carbocycles. The van der Waals surface area contributed by atoms with E-state index >= 15 is 0 Å². The Labute approximate surface area is 194 Å². The van der Waals surface area contributed by atoms with Crippen molar-refractivity contribution in [2.75, 3.05) is 6.61 Å². The summed E-state index contributed by atoms with van der Waals surface area (Å²) < 4.78 is 11.5. The fraction of sp³-hybridized carbons (Fsp3) is 0.167. The number of carbonyl (C=O) groups is 1. The molecule has 0 atom stereocenters. The number of ether oxygens (including phenoxy) is 2. The molecule has 3 nitrogen and oxygen atoms in total. The average molecular weight is 435 g/mol. The van der Waals surface area contributed by atoms with Crippen LogP contribution >= 0.6 is 0 Å². The summed E-state index contributed by atoms with van der Waals surface area (Å²) in [7, 11) is 0. The topological polar surface area (TPSA) is 35.5 Å². The predicted molar refractivity (Wildman–Crippen MR) is 133 cm³/mol. The third-order valence-corrected chi connectivity index (χ3v) is 6.09. The highest BCUT2D eigenvalue weighted by molar-refractivity contribution is 5.95. The van der Waals surface area contributed by atoms with Gasteiger partial charge in [-0.2, -0.15) is 0 Å². The van der Waals surface area contributed by atoms with E-state index in [9.17, 15) is 4.79 Å². The van der Waals surface area contributed by atoms with E-state index in [-0.39, 0.29) is 5.97 Å². The van der Waals surface area contributed by atoms with Crippen LogP contribution in [0.1, 0.15) is 30.0 Å². The molecule has 0 saturated carbocycles. The summed E-state index contributed by atoms with van der Waals surface area (Å²) in [6, 6.07) is 29.4. The molecule has 164 valence electrons. The summed E-state index contributed by atoms with van der Waals surface area (Å²) in [4.78, 5) is 12.1. The van der Waals surface area contributed by atoms with Crippen LogP contribution in [0.4, 0.5) is 0 Å². The minimum Gasteiger partial charge on any atom is -0.488 e. The molecule has 0 bridgehead atoms. The molecular weight excluding hydrogens is 408 g/mol. The van der Waals surface area contributed by atoms with Crippen LogP contribution in [-0.2, 0) is 22.6 Å². The van der Waals surface area contributed by atoms with Crippen molar-refractivity contribution < 1.29 is 14.3 Å². The third kappa shape index (κ3) is 4.54. The maximum absolute atomic E-state index is 12.1. The highest BCUT2D eigenvalue weighted by Gasteiger charge is 2.22. The maximum atomic E-state index is 12.1. The van der Waals surface area contributed by atoms with Crippen molar-refractivity contribution in [2.45, 2.75) is 26.4 Å². The van der Waals surface area contributed by atoms with Crippen LogP contribution in [0, 0.1) is 0 Å². The highest BCUT2D eigenvalue weighted by Crippen LogP contribution is 2.41. The number of rotatable bonds is 6. The number of aryl methyl sites for hydroxylation is 1. The molecule has 4 aromatic rings. The molecule has 0 spiro atoms. The number of esters is 1. The van der Waals surface area contributed by atoms with E-state index in [4.69, 9.17) is 9.47 Å². The van der Waals surface area contributed by atoms with Crippen molar-refractivity contribution in [3.8, 4) is 16.9 Å². The summed E-state index contributed by atoms with van der Waals surface area (Å²) in [6.45, 7) is 2.71. The lowest BCUT2D eigenvalue weighted by molar-refractivity contribution is -0.137. The third-order valence-electron chi connectivity index (χ3n) is 6.09. The summed E-state index contributed by atoms with van der Waals surface area (Å²) in [6.07, 6.45) is 3.36. The van der Waals surface area contributed by atoms with Crippen molar-refractivity contribution in [2.24, 2.45) is 0 Å². The fourth-order valence-electron chi connectivity index (χ4n) is 4.44. The Balaban J connectivity index is 1.58. The smallest absolute Gasteiger partial charge is 0.331 e. The molecule has 0 aliphatic heterocycles. The molecular formula is C30H26O3. The Morgan fingerprint density at radius 1 is 0.848 bits per heavy atom. The number of allylic oxidation sites excluding steroid dienone is 1. The Morgan fingerprint density at radius 2 is 1.64 bits per heavy atom. The molecule has 0 amide bonds. The van der Waals surface area contributed by atoms with Gasteiger partial charge in [-0.05, 0) is 76.6 Å². The van der Waals surface area contributed by atoms with Crippen LogP contribution in [0.2, 0.25) is 0 Å². The summed E-state index contributed by atoms with van der Waals surface area (Å²) >= 11 is 0. The van der Waals surface area contributed by atoms with E-state index < -0.39 is 0 Å². The first-order chi connectivity index (χ1) is 16.2. The molecule has 0 fully saturated rings. The number of benzene rings is 4. The van der Waals surface area contributed by atoms with E-state index in [1.165, 1.54) is 16.3 Å². The van der Waals surface area contributed by atoms with Crippen molar-refractivity contribution in [3.05, 3.63) is 108 Å². The van der Waals surface area contributed by atoms with Gasteiger partial charge in [-0.3, -0.25) is 0 Å². The first-order valence-electron chi connectivity index (χ1n) is 11.4. The van der Waals surface area contributed by atoms with Crippen LogP contribution in [0.3, 0.4) is 0 Å². The molecule has 0 N–H and O–H groups in total. The lowest BCUT2D eigenvalue weighted by Crippen LogP contribution is -2.01. The molecule has 0 heterocycles. The zero-order valence-electron chi connectivity index (χ0n) is 18.7. The molecule has 1 aliphatic rings. The predicted octanol–water partition coefficient (Wildman–Crippen LogP) is 6.98. The number of fused-ring (bicyclic) bond motifs is 2. The molecule has 33 heavy (non-hydrogen) atoms. The Kier molecular flexibility index (Phi) is 5.95. The number of hydrogen-bond acceptors (Lipinski definition) is 3. The fourth-order valence-corrected chi connectivity index (χ4v) is 4.44. The van der Waals surface area contributed by atoms with Gasteiger partial charge in [0.1, 0.15) is 12.4 Å². The molecule has 3 heteroatoms. The van der Waals surface area contributed by atoms with Crippen molar-refractivity contribution >= 4 is 22.3 Å². The van der Waals surface area contributed by atoms with E-state index in [0.29, 0.717) is 13.2 Å². The summed E-state index contributed by atoms with van der Waals surface area (Å²) in [5.74, 6) is 0.585.